The van der Waals surface area contributed by atoms with Crippen LogP contribution in [0, 0.1) is 5.82 Å². The molecule has 4 heteroatoms. The van der Waals surface area contributed by atoms with E-state index in [1.165, 1.54) is 12.3 Å². The normalized spacial score (nSPS) is 12.4. The Morgan fingerprint density at radius 1 is 1.33 bits per heavy atom. The molecule has 2 rings (SSSR count). The smallest absolute Gasteiger partial charge is 0.141 e. The molecule has 2 aromatic rings. The van der Waals surface area contributed by atoms with Gasteiger partial charge in [0.25, 0.3) is 0 Å². The maximum absolute atomic E-state index is 13.0. The molecule has 0 aliphatic heterocycles. The number of hydrogen-bond acceptors (Lipinski definition) is 2. The first-order valence-corrected chi connectivity index (χ1v) is 6.11. The zero-order chi connectivity index (χ0) is 13.0. The summed E-state index contributed by atoms with van der Waals surface area (Å²) in [5.41, 5.74) is 1.93. The summed E-state index contributed by atoms with van der Waals surface area (Å²) in [6.07, 6.45) is 2.85. The molecule has 0 aliphatic rings. The van der Waals surface area contributed by atoms with E-state index in [1.54, 1.807) is 6.20 Å². The van der Waals surface area contributed by atoms with Crippen molar-refractivity contribution in [3.63, 3.8) is 0 Å². The number of benzene rings is 1. The Labute approximate surface area is 111 Å². The fourth-order valence-electron chi connectivity index (χ4n) is 1.72. The van der Waals surface area contributed by atoms with E-state index in [0.717, 1.165) is 11.1 Å². The summed E-state index contributed by atoms with van der Waals surface area (Å²) in [6, 6.07) is 9.31. The van der Waals surface area contributed by atoms with Crippen LogP contribution in [0.3, 0.4) is 0 Å². The highest BCUT2D eigenvalue weighted by molar-refractivity contribution is 6.30. The van der Waals surface area contributed by atoms with Gasteiger partial charge in [-0.3, -0.25) is 4.98 Å². The number of aromatic nitrogens is 1. The second kappa shape index (κ2) is 5.94. The van der Waals surface area contributed by atoms with E-state index in [4.69, 9.17) is 11.6 Å². The molecule has 0 amide bonds. The summed E-state index contributed by atoms with van der Waals surface area (Å²) < 4.78 is 13.0. The molecule has 1 aromatic heterocycles. The van der Waals surface area contributed by atoms with Crippen molar-refractivity contribution in [1.82, 2.24) is 10.3 Å². The summed E-state index contributed by atoms with van der Waals surface area (Å²) in [5.74, 6) is -0.315. The molecule has 0 saturated carbocycles. The summed E-state index contributed by atoms with van der Waals surface area (Å²) in [5, 5.41) is 4.02. The SMILES string of the molecule is CC(NCc1cncc(F)c1)c1cccc(Cl)c1. The van der Waals surface area contributed by atoms with Crippen LogP contribution >= 0.6 is 11.6 Å². The Bertz CT molecular complexity index is 531. The highest BCUT2D eigenvalue weighted by Gasteiger charge is 2.05. The molecule has 0 fully saturated rings. The monoisotopic (exact) mass is 264 g/mol. The van der Waals surface area contributed by atoms with Crippen LogP contribution in [0.2, 0.25) is 5.02 Å². The minimum atomic E-state index is -0.315. The van der Waals surface area contributed by atoms with E-state index in [1.807, 2.05) is 31.2 Å². The molecule has 0 saturated heterocycles. The average Bonchev–Trinajstić information content (AvgIpc) is 2.36. The van der Waals surface area contributed by atoms with Gasteiger partial charge in [0.05, 0.1) is 6.20 Å². The summed E-state index contributed by atoms with van der Waals surface area (Å²) in [6.45, 7) is 2.61. The third-order valence-corrected chi connectivity index (χ3v) is 2.96. The Kier molecular flexibility index (Phi) is 4.28. The highest BCUT2D eigenvalue weighted by Crippen LogP contribution is 2.17. The molecule has 18 heavy (non-hydrogen) atoms. The van der Waals surface area contributed by atoms with Gasteiger partial charge in [-0.05, 0) is 36.2 Å². The van der Waals surface area contributed by atoms with Gasteiger partial charge in [0.15, 0.2) is 0 Å². The quantitative estimate of drug-likeness (QED) is 0.910. The Hall–Kier alpha value is -1.45. The van der Waals surface area contributed by atoms with Crippen LogP contribution in [0.5, 0.6) is 0 Å². The molecule has 2 nitrogen and oxygen atoms in total. The summed E-state index contributed by atoms with van der Waals surface area (Å²) >= 11 is 5.94. The van der Waals surface area contributed by atoms with E-state index < -0.39 is 0 Å². The van der Waals surface area contributed by atoms with Crippen molar-refractivity contribution in [3.8, 4) is 0 Å². The fourth-order valence-corrected chi connectivity index (χ4v) is 1.92. The highest BCUT2D eigenvalue weighted by atomic mass is 35.5. The van der Waals surface area contributed by atoms with Gasteiger partial charge in [-0.1, -0.05) is 23.7 Å². The standard InChI is InChI=1S/C14H14ClFN2/c1-10(12-3-2-4-13(15)6-12)18-8-11-5-14(16)9-17-7-11/h2-7,9-10,18H,8H2,1H3. The molecule has 0 aliphatic carbocycles. The Morgan fingerprint density at radius 3 is 2.89 bits per heavy atom. The Balaban J connectivity index is 1.98. The van der Waals surface area contributed by atoms with Crippen LogP contribution in [0.15, 0.2) is 42.7 Å². The van der Waals surface area contributed by atoms with Crippen molar-refractivity contribution in [2.75, 3.05) is 0 Å². The third-order valence-electron chi connectivity index (χ3n) is 2.72. The van der Waals surface area contributed by atoms with Crippen molar-refractivity contribution in [3.05, 3.63) is 64.7 Å². The first kappa shape index (κ1) is 13.0. The lowest BCUT2D eigenvalue weighted by molar-refractivity contribution is 0.567. The molecule has 1 atom stereocenters. The van der Waals surface area contributed by atoms with Crippen molar-refractivity contribution >= 4 is 11.6 Å². The van der Waals surface area contributed by atoms with E-state index >= 15 is 0 Å². The zero-order valence-electron chi connectivity index (χ0n) is 10.0. The molecule has 0 radical (unpaired) electrons. The maximum Gasteiger partial charge on any atom is 0.141 e. The minimum Gasteiger partial charge on any atom is -0.306 e. The fraction of sp³-hybridized carbons (Fsp3) is 0.214. The largest absolute Gasteiger partial charge is 0.306 e. The van der Waals surface area contributed by atoms with Crippen LogP contribution in [-0.4, -0.2) is 4.98 Å². The first-order valence-electron chi connectivity index (χ1n) is 5.73. The topological polar surface area (TPSA) is 24.9 Å². The predicted molar refractivity (Wildman–Crippen MR) is 70.9 cm³/mol. The first-order chi connectivity index (χ1) is 8.65. The van der Waals surface area contributed by atoms with E-state index in [2.05, 4.69) is 10.3 Å². The number of rotatable bonds is 4. The molecule has 1 N–H and O–H groups in total. The molecule has 1 heterocycles. The van der Waals surface area contributed by atoms with Gasteiger partial charge in [0, 0.05) is 23.8 Å². The minimum absolute atomic E-state index is 0.145. The molecule has 1 unspecified atom stereocenters. The second-order valence-corrected chi connectivity index (χ2v) is 4.61. The van der Waals surface area contributed by atoms with Gasteiger partial charge >= 0.3 is 0 Å². The van der Waals surface area contributed by atoms with Gasteiger partial charge < -0.3 is 5.32 Å². The molecule has 0 bridgehead atoms. The van der Waals surface area contributed by atoms with Gasteiger partial charge in [-0.15, -0.1) is 0 Å². The van der Waals surface area contributed by atoms with Crippen molar-refractivity contribution < 1.29 is 4.39 Å². The van der Waals surface area contributed by atoms with Gasteiger partial charge in [-0.2, -0.15) is 0 Å². The lowest BCUT2D eigenvalue weighted by Gasteiger charge is -2.14. The number of nitrogens with one attached hydrogen (secondary N) is 1. The summed E-state index contributed by atoms with van der Waals surface area (Å²) in [7, 11) is 0. The van der Waals surface area contributed by atoms with Crippen LogP contribution in [-0.2, 0) is 6.54 Å². The van der Waals surface area contributed by atoms with Crippen molar-refractivity contribution in [1.29, 1.82) is 0 Å². The molecular weight excluding hydrogens is 251 g/mol. The van der Waals surface area contributed by atoms with Gasteiger partial charge in [0.1, 0.15) is 5.82 Å². The number of pyridine rings is 1. The molecule has 1 aromatic carbocycles. The molecular formula is C14H14ClFN2. The number of halogens is 2. The van der Waals surface area contributed by atoms with Crippen LogP contribution < -0.4 is 5.32 Å². The third kappa shape index (κ3) is 3.52. The van der Waals surface area contributed by atoms with Crippen LogP contribution in [0.4, 0.5) is 4.39 Å². The lowest BCUT2D eigenvalue weighted by atomic mass is 10.1. The van der Waals surface area contributed by atoms with Crippen LogP contribution in [0.1, 0.15) is 24.1 Å². The summed E-state index contributed by atoms with van der Waals surface area (Å²) in [4.78, 5) is 3.81. The number of nitrogens with zero attached hydrogens (tertiary/aromatic N) is 1. The Morgan fingerprint density at radius 2 is 2.17 bits per heavy atom. The predicted octanol–water partition coefficient (Wildman–Crippen LogP) is 3.72. The number of hydrogen-bond donors (Lipinski definition) is 1. The zero-order valence-corrected chi connectivity index (χ0v) is 10.8. The van der Waals surface area contributed by atoms with Crippen molar-refractivity contribution in [2.24, 2.45) is 0 Å². The van der Waals surface area contributed by atoms with Gasteiger partial charge in [-0.25, -0.2) is 4.39 Å². The molecule has 0 spiro atoms. The van der Waals surface area contributed by atoms with Crippen LogP contribution in [0.25, 0.3) is 0 Å². The van der Waals surface area contributed by atoms with Crippen molar-refractivity contribution in [2.45, 2.75) is 19.5 Å². The van der Waals surface area contributed by atoms with E-state index in [0.29, 0.717) is 11.6 Å². The average molecular weight is 265 g/mol. The second-order valence-electron chi connectivity index (χ2n) is 4.17. The van der Waals surface area contributed by atoms with E-state index in [9.17, 15) is 4.39 Å². The molecule has 94 valence electrons. The lowest BCUT2D eigenvalue weighted by Crippen LogP contribution is -2.18. The van der Waals surface area contributed by atoms with Gasteiger partial charge in [0.2, 0.25) is 0 Å². The maximum atomic E-state index is 13.0. The van der Waals surface area contributed by atoms with E-state index in [-0.39, 0.29) is 11.9 Å².